The van der Waals surface area contributed by atoms with Crippen molar-refractivity contribution < 1.29 is 4.74 Å². The van der Waals surface area contributed by atoms with E-state index in [9.17, 15) is 0 Å². The second-order valence-corrected chi connectivity index (χ2v) is 5.90. The van der Waals surface area contributed by atoms with Crippen LogP contribution in [0.1, 0.15) is 42.9 Å². The van der Waals surface area contributed by atoms with Gasteiger partial charge in [-0.2, -0.15) is 0 Å². The molecule has 0 bridgehead atoms. The van der Waals surface area contributed by atoms with Crippen molar-refractivity contribution in [3.63, 3.8) is 0 Å². The topological polar surface area (TPSA) is 22.1 Å². The highest BCUT2D eigenvalue weighted by atomic mass is 32.1. The van der Waals surface area contributed by atoms with E-state index in [0.717, 1.165) is 19.4 Å². The molecule has 19 heavy (non-hydrogen) atoms. The second kappa shape index (κ2) is 6.31. The molecule has 0 atom stereocenters. The van der Waals surface area contributed by atoms with Crippen molar-refractivity contribution in [2.45, 2.75) is 44.3 Å². The molecular formula is C16H19NOS. The summed E-state index contributed by atoms with van der Waals surface area (Å²) in [5, 5.41) is 2.19. The summed E-state index contributed by atoms with van der Waals surface area (Å²) in [6.07, 6.45) is 5.17. The molecule has 3 heteroatoms. The Bertz CT molecular complexity index is 475. The lowest BCUT2D eigenvalue weighted by molar-refractivity contribution is 0.0131. The molecule has 1 aromatic heterocycles. The highest BCUT2D eigenvalue weighted by Gasteiger charge is 2.23. The summed E-state index contributed by atoms with van der Waals surface area (Å²) in [4.78, 5) is 4.44. The predicted octanol–water partition coefficient (Wildman–Crippen LogP) is 4.39. The fraction of sp³-hybridized carbons (Fsp3) is 0.438. The van der Waals surface area contributed by atoms with Gasteiger partial charge in [-0.05, 0) is 31.2 Å². The fourth-order valence-electron chi connectivity index (χ4n) is 2.74. The zero-order valence-electron chi connectivity index (χ0n) is 11.0. The van der Waals surface area contributed by atoms with Crippen molar-refractivity contribution in [2.24, 2.45) is 0 Å². The predicted molar refractivity (Wildman–Crippen MR) is 78.3 cm³/mol. The lowest BCUT2D eigenvalue weighted by atomic mass is 9.86. The summed E-state index contributed by atoms with van der Waals surface area (Å²) in [7, 11) is 0. The highest BCUT2D eigenvalue weighted by Crippen LogP contribution is 2.33. The third-order valence-electron chi connectivity index (χ3n) is 3.87. The van der Waals surface area contributed by atoms with Crippen molar-refractivity contribution in [1.82, 2.24) is 4.98 Å². The van der Waals surface area contributed by atoms with Crippen LogP contribution >= 0.6 is 11.3 Å². The minimum Gasteiger partial charge on any atom is -0.374 e. The standard InChI is InChI=1S/C16H19NOS/c1-2-4-13(5-3-1)10-18-15-8-6-14(7-9-15)16-11-19-12-17-16/h1-5,11-12,14-15H,6-10H2/t14-,15+. The van der Waals surface area contributed by atoms with Gasteiger partial charge < -0.3 is 4.74 Å². The van der Waals surface area contributed by atoms with E-state index in [1.165, 1.54) is 24.1 Å². The molecular weight excluding hydrogens is 254 g/mol. The number of hydrogen-bond acceptors (Lipinski definition) is 3. The van der Waals surface area contributed by atoms with Gasteiger partial charge in [0.1, 0.15) is 0 Å². The van der Waals surface area contributed by atoms with Crippen LogP contribution < -0.4 is 0 Å². The molecule has 0 unspecified atom stereocenters. The number of rotatable bonds is 4. The fourth-order valence-corrected chi connectivity index (χ4v) is 3.37. The van der Waals surface area contributed by atoms with Crippen molar-refractivity contribution in [3.8, 4) is 0 Å². The first kappa shape index (κ1) is 12.8. The summed E-state index contributed by atoms with van der Waals surface area (Å²) in [6.45, 7) is 0.743. The Kier molecular flexibility index (Phi) is 4.26. The van der Waals surface area contributed by atoms with Gasteiger partial charge in [-0.15, -0.1) is 11.3 Å². The van der Waals surface area contributed by atoms with Gasteiger partial charge in [0.2, 0.25) is 0 Å². The van der Waals surface area contributed by atoms with Gasteiger partial charge in [-0.3, -0.25) is 0 Å². The Morgan fingerprint density at radius 1 is 1.11 bits per heavy atom. The van der Waals surface area contributed by atoms with Crippen molar-refractivity contribution in [3.05, 3.63) is 52.5 Å². The van der Waals surface area contributed by atoms with Crippen LogP contribution in [-0.2, 0) is 11.3 Å². The molecule has 1 saturated carbocycles. The van der Waals surface area contributed by atoms with E-state index in [2.05, 4.69) is 34.6 Å². The van der Waals surface area contributed by atoms with E-state index in [0.29, 0.717) is 12.0 Å². The van der Waals surface area contributed by atoms with Crippen LogP contribution in [-0.4, -0.2) is 11.1 Å². The Hall–Kier alpha value is -1.19. The Morgan fingerprint density at radius 3 is 2.58 bits per heavy atom. The average Bonchev–Trinajstić information content (AvgIpc) is 3.01. The maximum absolute atomic E-state index is 6.02. The molecule has 0 radical (unpaired) electrons. The smallest absolute Gasteiger partial charge is 0.0794 e. The van der Waals surface area contributed by atoms with E-state index in [4.69, 9.17) is 4.74 Å². The molecule has 1 aliphatic rings. The van der Waals surface area contributed by atoms with E-state index < -0.39 is 0 Å². The van der Waals surface area contributed by atoms with Gasteiger partial charge >= 0.3 is 0 Å². The van der Waals surface area contributed by atoms with E-state index in [1.807, 2.05) is 11.6 Å². The van der Waals surface area contributed by atoms with Crippen LogP contribution in [0, 0.1) is 0 Å². The van der Waals surface area contributed by atoms with Crippen LogP contribution in [0.4, 0.5) is 0 Å². The molecule has 100 valence electrons. The molecule has 0 spiro atoms. The van der Waals surface area contributed by atoms with E-state index in [-0.39, 0.29) is 0 Å². The van der Waals surface area contributed by atoms with E-state index in [1.54, 1.807) is 11.3 Å². The summed E-state index contributed by atoms with van der Waals surface area (Å²) in [6, 6.07) is 10.4. The van der Waals surface area contributed by atoms with Crippen LogP contribution in [0.3, 0.4) is 0 Å². The van der Waals surface area contributed by atoms with Crippen LogP contribution in [0.15, 0.2) is 41.2 Å². The molecule has 1 heterocycles. The van der Waals surface area contributed by atoms with Crippen molar-refractivity contribution >= 4 is 11.3 Å². The highest BCUT2D eigenvalue weighted by molar-refractivity contribution is 7.07. The molecule has 0 saturated heterocycles. The Labute approximate surface area is 118 Å². The lowest BCUT2D eigenvalue weighted by Gasteiger charge is -2.27. The third-order valence-corrected chi connectivity index (χ3v) is 4.48. The number of ether oxygens (including phenoxy) is 1. The molecule has 0 aliphatic heterocycles. The second-order valence-electron chi connectivity index (χ2n) is 5.18. The Balaban J connectivity index is 1.46. The Morgan fingerprint density at radius 2 is 1.89 bits per heavy atom. The maximum Gasteiger partial charge on any atom is 0.0794 e. The zero-order chi connectivity index (χ0) is 12.9. The quantitative estimate of drug-likeness (QED) is 0.824. The van der Waals surface area contributed by atoms with Crippen molar-refractivity contribution in [1.29, 1.82) is 0 Å². The first-order chi connectivity index (χ1) is 9.42. The molecule has 1 aliphatic carbocycles. The maximum atomic E-state index is 6.02. The molecule has 1 fully saturated rings. The third kappa shape index (κ3) is 3.43. The largest absolute Gasteiger partial charge is 0.374 e. The number of thiazole rings is 1. The summed E-state index contributed by atoms with van der Waals surface area (Å²) < 4.78 is 6.02. The molecule has 3 rings (SSSR count). The zero-order valence-corrected chi connectivity index (χ0v) is 11.8. The van der Waals surface area contributed by atoms with Crippen LogP contribution in [0.5, 0.6) is 0 Å². The van der Waals surface area contributed by atoms with Gasteiger partial charge in [-0.25, -0.2) is 4.98 Å². The first-order valence-corrected chi connectivity index (χ1v) is 7.89. The lowest BCUT2D eigenvalue weighted by Crippen LogP contribution is -2.20. The van der Waals surface area contributed by atoms with Crippen molar-refractivity contribution in [2.75, 3.05) is 0 Å². The molecule has 0 amide bonds. The molecule has 0 N–H and O–H groups in total. The van der Waals surface area contributed by atoms with E-state index >= 15 is 0 Å². The minimum atomic E-state index is 0.426. The summed E-state index contributed by atoms with van der Waals surface area (Å²) in [5.41, 5.74) is 4.49. The molecule has 2 aromatic rings. The monoisotopic (exact) mass is 273 g/mol. The summed E-state index contributed by atoms with van der Waals surface area (Å²) in [5.74, 6) is 0.655. The SMILES string of the molecule is c1ccc(CO[C@H]2CC[C@@H](c3cscn3)CC2)cc1. The van der Waals surface area contributed by atoms with Gasteiger partial charge in [0.25, 0.3) is 0 Å². The van der Waals surface area contributed by atoms with Gasteiger partial charge in [0, 0.05) is 11.3 Å². The molecule has 2 nitrogen and oxygen atoms in total. The average molecular weight is 273 g/mol. The van der Waals surface area contributed by atoms with Crippen LogP contribution in [0.2, 0.25) is 0 Å². The number of nitrogens with zero attached hydrogens (tertiary/aromatic N) is 1. The normalized spacial score (nSPS) is 23.4. The first-order valence-electron chi connectivity index (χ1n) is 6.95. The summed E-state index contributed by atoms with van der Waals surface area (Å²) >= 11 is 1.70. The number of benzene rings is 1. The van der Waals surface area contributed by atoms with Gasteiger partial charge in [0.15, 0.2) is 0 Å². The number of aromatic nitrogens is 1. The number of hydrogen-bond donors (Lipinski definition) is 0. The van der Waals surface area contributed by atoms with Crippen LogP contribution in [0.25, 0.3) is 0 Å². The molecule has 1 aromatic carbocycles. The van der Waals surface area contributed by atoms with Gasteiger partial charge in [-0.1, -0.05) is 30.3 Å². The minimum absolute atomic E-state index is 0.426. The van der Waals surface area contributed by atoms with Gasteiger partial charge in [0.05, 0.1) is 23.9 Å².